The summed E-state index contributed by atoms with van der Waals surface area (Å²) in [6.45, 7) is 6.64. The SMILES string of the molecule is CCCN(CCC)[C@H](CO)Cc1cccc2[nH]cnc12. The second-order valence-electron chi connectivity index (χ2n) is 5.29. The van der Waals surface area contributed by atoms with Gasteiger partial charge in [0.15, 0.2) is 0 Å². The Bertz CT molecular complexity index is 517. The summed E-state index contributed by atoms with van der Waals surface area (Å²) < 4.78 is 0. The van der Waals surface area contributed by atoms with Gasteiger partial charge < -0.3 is 10.1 Å². The van der Waals surface area contributed by atoms with Gasteiger partial charge in [0.05, 0.1) is 24.0 Å². The first-order chi connectivity index (χ1) is 9.80. The quantitative estimate of drug-likeness (QED) is 0.778. The molecule has 2 rings (SSSR count). The van der Waals surface area contributed by atoms with Gasteiger partial charge in [-0.05, 0) is 44.0 Å². The fourth-order valence-electron chi connectivity index (χ4n) is 2.81. The fourth-order valence-corrected chi connectivity index (χ4v) is 2.81. The van der Waals surface area contributed by atoms with Crippen LogP contribution >= 0.6 is 0 Å². The van der Waals surface area contributed by atoms with Crippen LogP contribution in [0.2, 0.25) is 0 Å². The minimum Gasteiger partial charge on any atom is -0.395 e. The van der Waals surface area contributed by atoms with E-state index in [0.717, 1.165) is 43.4 Å². The average molecular weight is 275 g/mol. The molecule has 0 aliphatic heterocycles. The van der Waals surface area contributed by atoms with Crippen molar-refractivity contribution in [1.29, 1.82) is 0 Å². The highest BCUT2D eigenvalue weighted by molar-refractivity contribution is 5.78. The van der Waals surface area contributed by atoms with Gasteiger partial charge in [0.2, 0.25) is 0 Å². The Morgan fingerprint density at radius 1 is 1.25 bits per heavy atom. The largest absolute Gasteiger partial charge is 0.395 e. The highest BCUT2D eigenvalue weighted by Gasteiger charge is 2.18. The van der Waals surface area contributed by atoms with Crippen LogP contribution in [0.15, 0.2) is 24.5 Å². The Labute approximate surface area is 120 Å². The number of fused-ring (bicyclic) bond motifs is 1. The molecule has 2 N–H and O–H groups in total. The summed E-state index contributed by atoms with van der Waals surface area (Å²) in [5.41, 5.74) is 3.30. The number of imidazole rings is 1. The third kappa shape index (κ3) is 3.38. The summed E-state index contributed by atoms with van der Waals surface area (Å²) >= 11 is 0. The number of nitrogens with zero attached hydrogens (tertiary/aromatic N) is 2. The lowest BCUT2D eigenvalue weighted by atomic mass is 10.0. The van der Waals surface area contributed by atoms with Crippen molar-refractivity contribution in [3.8, 4) is 0 Å². The number of aromatic nitrogens is 2. The van der Waals surface area contributed by atoms with Gasteiger partial charge in [0, 0.05) is 6.04 Å². The number of hydrogen-bond acceptors (Lipinski definition) is 3. The lowest BCUT2D eigenvalue weighted by molar-refractivity contribution is 0.122. The second kappa shape index (κ2) is 7.41. The van der Waals surface area contributed by atoms with Gasteiger partial charge in [-0.3, -0.25) is 4.90 Å². The molecule has 1 heterocycles. The molecule has 4 nitrogen and oxygen atoms in total. The number of hydrogen-bond donors (Lipinski definition) is 2. The number of rotatable bonds is 8. The predicted molar refractivity (Wildman–Crippen MR) is 82.8 cm³/mol. The summed E-state index contributed by atoms with van der Waals surface area (Å²) in [7, 11) is 0. The van der Waals surface area contributed by atoms with E-state index < -0.39 is 0 Å². The van der Waals surface area contributed by atoms with Gasteiger partial charge in [0.1, 0.15) is 0 Å². The van der Waals surface area contributed by atoms with Crippen LogP contribution in [0.5, 0.6) is 0 Å². The van der Waals surface area contributed by atoms with Crippen LogP contribution in [0.25, 0.3) is 11.0 Å². The number of nitrogens with one attached hydrogen (secondary N) is 1. The molecule has 4 heteroatoms. The molecule has 0 radical (unpaired) electrons. The maximum absolute atomic E-state index is 9.76. The van der Waals surface area contributed by atoms with E-state index >= 15 is 0 Å². The second-order valence-corrected chi connectivity index (χ2v) is 5.29. The standard InChI is InChI=1S/C16H25N3O/c1-3-8-19(9-4-2)14(11-20)10-13-6-5-7-15-16(13)18-12-17-15/h5-7,12,14,20H,3-4,8-11H2,1-2H3,(H,17,18)/t14-/m0/s1. The Morgan fingerprint density at radius 3 is 2.65 bits per heavy atom. The molecule has 1 atom stereocenters. The normalized spacial score (nSPS) is 13.2. The molecule has 1 aromatic heterocycles. The van der Waals surface area contributed by atoms with Crippen LogP contribution < -0.4 is 0 Å². The van der Waals surface area contributed by atoms with Gasteiger partial charge in [-0.25, -0.2) is 4.98 Å². The highest BCUT2D eigenvalue weighted by atomic mass is 16.3. The zero-order valence-corrected chi connectivity index (χ0v) is 12.5. The predicted octanol–water partition coefficient (Wildman–Crippen LogP) is 2.59. The first-order valence-electron chi connectivity index (χ1n) is 7.56. The molecular formula is C16H25N3O. The first kappa shape index (κ1) is 15.0. The number of para-hydroxylation sites is 1. The fraction of sp³-hybridized carbons (Fsp3) is 0.562. The van der Waals surface area contributed by atoms with E-state index in [0.29, 0.717) is 0 Å². The van der Waals surface area contributed by atoms with Crippen molar-refractivity contribution in [2.24, 2.45) is 0 Å². The van der Waals surface area contributed by atoms with Crippen LogP contribution in [0, 0.1) is 0 Å². The smallest absolute Gasteiger partial charge is 0.0931 e. The molecule has 2 aromatic rings. The van der Waals surface area contributed by atoms with Crippen molar-refractivity contribution in [3.63, 3.8) is 0 Å². The molecule has 0 saturated carbocycles. The number of aliphatic hydroxyl groups is 1. The summed E-state index contributed by atoms with van der Waals surface area (Å²) in [6, 6.07) is 6.38. The van der Waals surface area contributed by atoms with Crippen molar-refractivity contribution in [2.75, 3.05) is 19.7 Å². The van der Waals surface area contributed by atoms with Crippen LogP contribution in [0.4, 0.5) is 0 Å². The molecule has 0 aliphatic rings. The molecule has 1 aromatic carbocycles. The number of aliphatic hydroxyl groups excluding tert-OH is 1. The Hall–Kier alpha value is -1.39. The van der Waals surface area contributed by atoms with Crippen molar-refractivity contribution in [2.45, 2.75) is 39.2 Å². The molecular weight excluding hydrogens is 250 g/mol. The monoisotopic (exact) mass is 275 g/mol. The molecule has 0 spiro atoms. The zero-order valence-electron chi connectivity index (χ0n) is 12.5. The van der Waals surface area contributed by atoms with Gasteiger partial charge in [0.25, 0.3) is 0 Å². The topological polar surface area (TPSA) is 52.1 Å². The molecule has 20 heavy (non-hydrogen) atoms. The maximum atomic E-state index is 9.76. The third-order valence-corrected chi connectivity index (χ3v) is 3.74. The molecule has 0 amide bonds. The van der Waals surface area contributed by atoms with Gasteiger partial charge in [-0.1, -0.05) is 26.0 Å². The van der Waals surface area contributed by atoms with E-state index in [-0.39, 0.29) is 12.6 Å². The van der Waals surface area contributed by atoms with E-state index in [1.807, 2.05) is 12.1 Å². The van der Waals surface area contributed by atoms with E-state index in [1.54, 1.807) is 6.33 Å². The molecule has 0 fully saturated rings. The van der Waals surface area contributed by atoms with Crippen molar-refractivity contribution < 1.29 is 5.11 Å². The Balaban J connectivity index is 2.18. The molecule has 0 saturated heterocycles. The highest BCUT2D eigenvalue weighted by Crippen LogP contribution is 2.18. The van der Waals surface area contributed by atoms with Crippen LogP contribution in [-0.2, 0) is 6.42 Å². The molecule has 0 unspecified atom stereocenters. The minimum atomic E-state index is 0.178. The van der Waals surface area contributed by atoms with E-state index in [2.05, 4.69) is 34.8 Å². The molecule has 0 aliphatic carbocycles. The van der Waals surface area contributed by atoms with Crippen LogP contribution in [0.1, 0.15) is 32.3 Å². The van der Waals surface area contributed by atoms with Crippen molar-refractivity contribution in [1.82, 2.24) is 14.9 Å². The van der Waals surface area contributed by atoms with Gasteiger partial charge in [-0.15, -0.1) is 0 Å². The van der Waals surface area contributed by atoms with E-state index in [9.17, 15) is 5.11 Å². The maximum Gasteiger partial charge on any atom is 0.0931 e. The van der Waals surface area contributed by atoms with Crippen molar-refractivity contribution >= 4 is 11.0 Å². The lowest BCUT2D eigenvalue weighted by Crippen LogP contribution is -2.40. The van der Waals surface area contributed by atoms with Gasteiger partial charge >= 0.3 is 0 Å². The number of aromatic amines is 1. The number of benzene rings is 1. The zero-order chi connectivity index (χ0) is 14.4. The average Bonchev–Trinajstić information content (AvgIpc) is 2.94. The molecule has 0 bridgehead atoms. The van der Waals surface area contributed by atoms with E-state index in [1.165, 1.54) is 5.56 Å². The lowest BCUT2D eigenvalue weighted by Gasteiger charge is -2.30. The van der Waals surface area contributed by atoms with E-state index in [4.69, 9.17) is 0 Å². The number of H-pyrrole nitrogens is 1. The Morgan fingerprint density at radius 2 is 2.00 bits per heavy atom. The third-order valence-electron chi connectivity index (χ3n) is 3.74. The summed E-state index contributed by atoms with van der Waals surface area (Å²) in [5.74, 6) is 0. The van der Waals surface area contributed by atoms with Gasteiger partial charge in [-0.2, -0.15) is 0 Å². The minimum absolute atomic E-state index is 0.178. The van der Waals surface area contributed by atoms with Crippen LogP contribution in [-0.4, -0.2) is 45.7 Å². The first-order valence-corrected chi connectivity index (χ1v) is 7.56. The van der Waals surface area contributed by atoms with Crippen LogP contribution in [0.3, 0.4) is 0 Å². The van der Waals surface area contributed by atoms with Crippen molar-refractivity contribution in [3.05, 3.63) is 30.1 Å². The summed E-state index contributed by atoms with van der Waals surface area (Å²) in [4.78, 5) is 9.94. The molecule has 110 valence electrons. The Kier molecular flexibility index (Phi) is 5.56. The summed E-state index contributed by atoms with van der Waals surface area (Å²) in [6.07, 6.45) is 4.81. The summed E-state index contributed by atoms with van der Waals surface area (Å²) in [5, 5.41) is 9.76.